The van der Waals surface area contributed by atoms with Gasteiger partial charge in [0, 0.05) is 12.6 Å². The normalized spacial score (nSPS) is 20.3. The number of rotatable bonds is 5. The van der Waals surface area contributed by atoms with Gasteiger partial charge in [-0.3, -0.25) is 4.90 Å². The number of hydrogen-bond donors (Lipinski definition) is 1. The van der Waals surface area contributed by atoms with Gasteiger partial charge in [0.2, 0.25) is 16.8 Å². The molecule has 0 aromatic heterocycles. The van der Waals surface area contributed by atoms with Gasteiger partial charge in [-0.1, -0.05) is 0 Å². The molecule has 0 spiro atoms. The first-order chi connectivity index (χ1) is 10.5. The summed E-state index contributed by atoms with van der Waals surface area (Å²) >= 11 is 0. The van der Waals surface area contributed by atoms with Crippen LogP contribution in [0.15, 0.2) is 18.2 Å². The molecule has 8 nitrogen and oxygen atoms in total. The van der Waals surface area contributed by atoms with E-state index >= 15 is 0 Å². The molecule has 0 saturated carbocycles. The van der Waals surface area contributed by atoms with Crippen LogP contribution in [0.5, 0.6) is 11.5 Å². The monoisotopic (exact) mass is 328 g/mol. The van der Waals surface area contributed by atoms with Crippen LogP contribution in [-0.2, 0) is 14.8 Å². The fraction of sp³-hybridized carbons (Fsp3) is 0.462. The Bertz CT molecular complexity index is 690. The number of carbonyl (C=O) groups is 1. The third-order valence-electron chi connectivity index (χ3n) is 3.45. The van der Waals surface area contributed by atoms with E-state index in [9.17, 15) is 13.2 Å². The highest BCUT2D eigenvalue weighted by molar-refractivity contribution is 7.89. The number of hydrogen-bond acceptors (Lipinski definition) is 6. The summed E-state index contributed by atoms with van der Waals surface area (Å²) < 4.78 is 40.9. The maximum absolute atomic E-state index is 11.9. The minimum Gasteiger partial charge on any atom is -0.454 e. The summed E-state index contributed by atoms with van der Waals surface area (Å²) in [4.78, 5) is 13.4. The van der Waals surface area contributed by atoms with Crippen LogP contribution in [0.3, 0.4) is 0 Å². The molecule has 3 rings (SSSR count). The lowest BCUT2D eigenvalue weighted by molar-refractivity contribution is 0.143. The van der Waals surface area contributed by atoms with Crippen molar-refractivity contribution >= 4 is 21.8 Å². The number of nitrogens with zero attached hydrogens (tertiary/aromatic N) is 1. The molecule has 22 heavy (non-hydrogen) atoms. The number of cyclic esters (lactones) is 1. The zero-order valence-electron chi connectivity index (χ0n) is 11.9. The van der Waals surface area contributed by atoms with Crippen LogP contribution in [0.25, 0.3) is 0 Å². The summed E-state index contributed by atoms with van der Waals surface area (Å²) in [5, 5.41) is 0. The lowest BCUT2D eigenvalue weighted by Gasteiger charge is -2.13. The summed E-state index contributed by atoms with van der Waals surface area (Å²) in [6, 6.07) is 5.15. The topological polar surface area (TPSA) is 94.2 Å². The van der Waals surface area contributed by atoms with E-state index in [2.05, 4.69) is 4.72 Å². The zero-order valence-corrected chi connectivity index (χ0v) is 12.8. The number of benzene rings is 1. The summed E-state index contributed by atoms with van der Waals surface area (Å²) in [6.07, 6.45) is -1.04. The number of anilines is 1. The van der Waals surface area contributed by atoms with Crippen molar-refractivity contribution in [2.45, 2.75) is 13.0 Å². The molecule has 1 saturated heterocycles. The third kappa shape index (κ3) is 2.95. The molecule has 1 aromatic rings. The van der Waals surface area contributed by atoms with Crippen molar-refractivity contribution in [1.29, 1.82) is 0 Å². The highest BCUT2D eigenvalue weighted by Crippen LogP contribution is 2.36. The van der Waals surface area contributed by atoms with E-state index in [0.29, 0.717) is 17.2 Å². The van der Waals surface area contributed by atoms with Gasteiger partial charge in [-0.2, -0.15) is 0 Å². The number of fused-ring (bicyclic) bond motifs is 1. The van der Waals surface area contributed by atoms with Gasteiger partial charge in [0.25, 0.3) is 0 Å². The molecule has 2 aliphatic heterocycles. The van der Waals surface area contributed by atoms with E-state index in [-0.39, 0.29) is 25.6 Å². The van der Waals surface area contributed by atoms with Gasteiger partial charge in [0.15, 0.2) is 11.5 Å². The molecule has 9 heteroatoms. The number of sulfonamides is 1. The van der Waals surface area contributed by atoms with Crippen molar-refractivity contribution in [1.82, 2.24) is 4.72 Å². The molecule has 1 fully saturated rings. The predicted octanol–water partition coefficient (Wildman–Crippen LogP) is 0.680. The number of nitrogens with one attached hydrogen (secondary N) is 1. The van der Waals surface area contributed by atoms with E-state index in [0.717, 1.165) is 0 Å². The number of amides is 1. The Hall–Kier alpha value is -2.00. The van der Waals surface area contributed by atoms with Crippen LogP contribution in [0.1, 0.15) is 6.92 Å². The van der Waals surface area contributed by atoms with Gasteiger partial charge in [-0.15, -0.1) is 0 Å². The molecule has 0 aliphatic carbocycles. The minimum absolute atomic E-state index is 0.0143. The van der Waals surface area contributed by atoms with E-state index in [1.165, 1.54) is 4.90 Å². The summed E-state index contributed by atoms with van der Waals surface area (Å²) in [6.45, 7) is 2.03. The van der Waals surface area contributed by atoms with Crippen LogP contribution in [-0.4, -0.2) is 46.3 Å². The molecular weight excluding hydrogens is 312 g/mol. The van der Waals surface area contributed by atoms with Gasteiger partial charge in [-0.25, -0.2) is 17.9 Å². The largest absolute Gasteiger partial charge is 0.454 e. The molecular formula is C13H16N2O6S. The molecule has 0 unspecified atom stereocenters. The van der Waals surface area contributed by atoms with Gasteiger partial charge >= 0.3 is 6.09 Å². The molecule has 0 bridgehead atoms. The summed E-state index contributed by atoms with van der Waals surface area (Å²) in [5.74, 6) is 1.18. The maximum Gasteiger partial charge on any atom is 0.414 e. The van der Waals surface area contributed by atoms with Crippen molar-refractivity contribution in [3.63, 3.8) is 0 Å². The molecule has 120 valence electrons. The first-order valence-corrected chi connectivity index (χ1v) is 8.49. The average Bonchev–Trinajstić information content (AvgIpc) is 3.10. The second-order valence-electron chi connectivity index (χ2n) is 4.91. The molecule has 2 aliphatic rings. The summed E-state index contributed by atoms with van der Waals surface area (Å²) in [7, 11) is -3.31. The maximum atomic E-state index is 11.9. The van der Waals surface area contributed by atoms with Crippen molar-refractivity contribution in [3.8, 4) is 11.5 Å². The van der Waals surface area contributed by atoms with Crippen LogP contribution < -0.4 is 19.1 Å². The predicted molar refractivity (Wildman–Crippen MR) is 77.6 cm³/mol. The van der Waals surface area contributed by atoms with Crippen molar-refractivity contribution in [2.24, 2.45) is 0 Å². The first kappa shape index (κ1) is 14.9. The highest BCUT2D eigenvalue weighted by Gasteiger charge is 2.33. The van der Waals surface area contributed by atoms with Gasteiger partial charge in [-0.05, 0) is 19.1 Å². The minimum atomic E-state index is -3.31. The van der Waals surface area contributed by atoms with Crippen molar-refractivity contribution in [2.75, 3.05) is 30.5 Å². The second-order valence-corrected chi connectivity index (χ2v) is 7.00. The fourth-order valence-corrected chi connectivity index (χ4v) is 2.86. The fourth-order valence-electron chi connectivity index (χ4n) is 2.21. The zero-order chi connectivity index (χ0) is 15.7. The van der Waals surface area contributed by atoms with E-state index < -0.39 is 22.2 Å². The molecule has 0 radical (unpaired) electrons. The standard InChI is InChI=1S/C13H16N2O6S/c1-2-22(17,18)14-6-10-7-15(13(16)21-10)9-3-4-11-12(5-9)20-8-19-11/h3-5,10,14H,2,6-8H2,1H3/t10-/m1/s1. The van der Waals surface area contributed by atoms with Crippen LogP contribution in [0.2, 0.25) is 0 Å². The van der Waals surface area contributed by atoms with Crippen LogP contribution in [0, 0.1) is 0 Å². The number of carbonyl (C=O) groups excluding carboxylic acids is 1. The molecule has 2 heterocycles. The first-order valence-electron chi connectivity index (χ1n) is 6.83. The van der Waals surface area contributed by atoms with E-state index in [4.69, 9.17) is 14.2 Å². The van der Waals surface area contributed by atoms with Crippen LogP contribution >= 0.6 is 0 Å². The average molecular weight is 328 g/mol. The Kier molecular flexibility index (Phi) is 3.83. The highest BCUT2D eigenvalue weighted by atomic mass is 32.2. The SMILES string of the molecule is CCS(=O)(=O)NC[C@@H]1CN(c2ccc3c(c2)OCO3)C(=O)O1. The molecule has 1 amide bonds. The third-order valence-corrected chi connectivity index (χ3v) is 4.82. The Morgan fingerprint density at radius 3 is 2.86 bits per heavy atom. The van der Waals surface area contributed by atoms with Crippen LogP contribution in [0.4, 0.5) is 10.5 Å². The lowest BCUT2D eigenvalue weighted by Crippen LogP contribution is -2.35. The van der Waals surface area contributed by atoms with Crippen molar-refractivity contribution in [3.05, 3.63) is 18.2 Å². The Labute approximate surface area is 128 Å². The van der Waals surface area contributed by atoms with Crippen molar-refractivity contribution < 1.29 is 27.4 Å². The van der Waals surface area contributed by atoms with E-state index in [1.54, 1.807) is 25.1 Å². The summed E-state index contributed by atoms with van der Waals surface area (Å²) in [5.41, 5.74) is 0.620. The van der Waals surface area contributed by atoms with Gasteiger partial charge in [0.05, 0.1) is 18.0 Å². The van der Waals surface area contributed by atoms with Gasteiger partial charge in [0.1, 0.15) is 6.10 Å². The second kappa shape index (κ2) is 5.65. The Balaban J connectivity index is 1.67. The number of ether oxygens (including phenoxy) is 3. The molecule has 1 atom stereocenters. The smallest absolute Gasteiger partial charge is 0.414 e. The Morgan fingerprint density at radius 2 is 2.09 bits per heavy atom. The lowest BCUT2D eigenvalue weighted by atomic mass is 10.2. The molecule has 1 N–H and O–H groups in total. The molecule has 1 aromatic carbocycles. The van der Waals surface area contributed by atoms with Gasteiger partial charge < -0.3 is 14.2 Å². The Morgan fingerprint density at radius 1 is 1.32 bits per heavy atom. The van der Waals surface area contributed by atoms with E-state index in [1.807, 2.05) is 0 Å². The quantitative estimate of drug-likeness (QED) is 0.854.